The van der Waals surface area contributed by atoms with Gasteiger partial charge in [0.25, 0.3) is 6.71 Å². The molecule has 0 bridgehead atoms. The van der Waals surface area contributed by atoms with Crippen molar-refractivity contribution in [3.8, 4) is 11.1 Å². The van der Waals surface area contributed by atoms with E-state index in [1.54, 1.807) is 0 Å². The summed E-state index contributed by atoms with van der Waals surface area (Å²) in [5, 5.41) is 1.21. The van der Waals surface area contributed by atoms with Crippen LogP contribution < -0.4 is 26.4 Å². The predicted molar refractivity (Wildman–Crippen MR) is 291 cm³/mol. The third kappa shape index (κ3) is 6.23. The van der Waals surface area contributed by atoms with E-state index in [-0.39, 0.29) is 39.2 Å². The lowest BCUT2D eigenvalue weighted by Gasteiger charge is -2.47. The van der Waals surface area contributed by atoms with Crippen molar-refractivity contribution < 1.29 is 4.42 Å². The molecule has 0 amide bonds. The highest BCUT2D eigenvalue weighted by atomic mass is 16.3. The number of rotatable bonds is 3. The van der Waals surface area contributed by atoms with Crippen LogP contribution in [0.5, 0.6) is 0 Å². The maximum absolute atomic E-state index is 7.70. The van der Waals surface area contributed by atoms with Gasteiger partial charge in [0.2, 0.25) is 0 Å². The summed E-state index contributed by atoms with van der Waals surface area (Å²) in [6.45, 7) is 34.0. The first-order valence-electron chi connectivity index (χ1n) is 25.8. The van der Waals surface area contributed by atoms with Gasteiger partial charge in [0.15, 0.2) is 0 Å². The smallest absolute Gasteiger partial charge is 0.297 e. The normalized spacial score (nSPS) is 20.5. The molecule has 3 heterocycles. The molecule has 0 atom stereocenters. The maximum atomic E-state index is 7.70. The molecule has 12 rings (SSSR count). The number of nitrogens with zero attached hydrogens (tertiary/aromatic N) is 2. The Morgan fingerprint density at radius 1 is 0.441 bits per heavy atom. The summed E-state index contributed by atoms with van der Waals surface area (Å²) in [6, 6.07) is 40.8. The average molecular weight is 895 g/mol. The van der Waals surface area contributed by atoms with Crippen molar-refractivity contribution in [1.29, 1.82) is 0 Å². The van der Waals surface area contributed by atoms with E-state index in [4.69, 9.17) is 4.42 Å². The van der Waals surface area contributed by atoms with Crippen LogP contribution >= 0.6 is 0 Å². The summed E-state index contributed by atoms with van der Waals surface area (Å²) in [4.78, 5) is 5.31. The summed E-state index contributed by atoms with van der Waals surface area (Å²) < 4.78 is 7.70. The van der Waals surface area contributed by atoms with Crippen LogP contribution in [0.25, 0.3) is 22.1 Å². The zero-order valence-electron chi connectivity index (χ0n) is 43.4. The van der Waals surface area contributed by atoms with Crippen LogP contribution in [-0.2, 0) is 32.5 Å². The average Bonchev–Trinajstić information content (AvgIpc) is 3.66. The van der Waals surface area contributed by atoms with Crippen LogP contribution in [0.2, 0.25) is 0 Å². The molecule has 0 fully saturated rings. The maximum Gasteiger partial charge on any atom is 0.297 e. The second kappa shape index (κ2) is 14.1. The van der Waals surface area contributed by atoms with Gasteiger partial charge in [0, 0.05) is 33.8 Å². The molecule has 3 nitrogen and oxygen atoms in total. The van der Waals surface area contributed by atoms with E-state index >= 15 is 0 Å². The zero-order chi connectivity index (χ0) is 47.8. The number of aryl methyl sites for hydroxylation is 2. The van der Waals surface area contributed by atoms with Gasteiger partial charge in [-0.15, -0.1) is 0 Å². The van der Waals surface area contributed by atoms with Gasteiger partial charge in [-0.25, -0.2) is 0 Å². The molecule has 0 N–H and O–H groups in total. The van der Waals surface area contributed by atoms with Crippen LogP contribution in [-0.4, -0.2) is 6.71 Å². The number of benzene rings is 6. The zero-order valence-corrected chi connectivity index (χ0v) is 43.4. The number of furan rings is 1. The Balaban J connectivity index is 1.22. The first-order valence-corrected chi connectivity index (χ1v) is 25.8. The Labute approximate surface area is 407 Å². The van der Waals surface area contributed by atoms with E-state index in [2.05, 4.69) is 210 Å². The van der Waals surface area contributed by atoms with Crippen molar-refractivity contribution in [1.82, 2.24) is 0 Å². The first kappa shape index (κ1) is 43.8. The first-order chi connectivity index (χ1) is 32.0. The number of hydrogen-bond acceptors (Lipinski definition) is 3. The van der Waals surface area contributed by atoms with Gasteiger partial charge < -0.3 is 14.2 Å². The van der Waals surface area contributed by atoms with Gasteiger partial charge in [0.1, 0.15) is 5.58 Å². The molecule has 0 saturated carbocycles. The Morgan fingerprint density at radius 3 is 1.59 bits per heavy atom. The summed E-state index contributed by atoms with van der Waals surface area (Å²) in [7, 11) is 0. The summed E-state index contributed by atoms with van der Waals surface area (Å²) >= 11 is 0. The fraction of sp³-hybridized carbons (Fsp3) is 0.406. The van der Waals surface area contributed by atoms with Gasteiger partial charge in [-0.1, -0.05) is 138 Å². The monoisotopic (exact) mass is 895 g/mol. The summed E-state index contributed by atoms with van der Waals surface area (Å²) in [5.74, 6) is 0. The van der Waals surface area contributed by atoms with E-state index in [1.807, 2.05) is 0 Å². The largest absolute Gasteiger partial charge is 0.468 e. The Kier molecular flexibility index (Phi) is 9.06. The lowest BCUT2D eigenvalue weighted by atomic mass is 9.35. The Morgan fingerprint density at radius 2 is 0.971 bits per heavy atom. The topological polar surface area (TPSA) is 19.6 Å². The molecule has 5 aliphatic rings. The third-order valence-corrected chi connectivity index (χ3v) is 18.4. The third-order valence-electron chi connectivity index (χ3n) is 18.4. The summed E-state index contributed by atoms with van der Waals surface area (Å²) in [5.41, 5.74) is 26.3. The highest BCUT2D eigenvalue weighted by Crippen LogP contribution is 2.55. The molecule has 4 heteroatoms. The molecule has 2 aliphatic heterocycles. The van der Waals surface area contributed by atoms with E-state index in [9.17, 15) is 0 Å². The minimum atomic E-state index is -0.111. The number of anilines is 6. The van der Waals surface area contributed by atoms with Gasteiger partial charge in [0.05, 0.1) is 11.3 Å². The Hall–Kier alpha value is -5.48. The summed E-state index contributed by atoms with van der Waals surface area (Å²) in [6.07, 6.45) is 7.01. The van der Waals surface area contributed by atoms with Crippen LogP contribution in [0.3, 0.4) is 0 Å². The van der Waals surface area contributed by atoms with Crippen LogP contribution in [0.4, 0.5) is 34.1 Å². The van der Waals surface area contributed by atoms with Crippen LogP contribution in [0.15, 0.2) is 108 Å². The number of hydrogen-bond donors (Lipinski definition) is 0. The minimum absolute atomic E-state index is 0.0329. The van der Waals surface area contributed by atoms with Crippen molar-refractivity contribution in [2.75, 3.05) is 9.80 Å². The predicted octanol–water partition coefficient (Wildman–Crippen LogP) is 15.8. The fourth-order valence-electron chi connectivity index (χ4n) is 13.6. The standard InChI is InChI=1S/C64H71BN2O/c1-38-30-53-56-54(31-38)67(51-32-41(21-20-39(51)2)40-18-16-15-17-19-40)57-43-34-46-49(64(13,14)29-26-61(46,7)8)37-55(43)68-58(57)65(56)50-35-47-48(63(11,12)28-27-62(47,9)10)36-52(50)66(53)42-22-23-44-45(33-42)60(5,6)25-24-59(44,3)4/h15-23,30-37H,24-29H2,1-14H3. The van der Waals surface area contributed by atoms with Crippen LogP contribution in [0.1, 0.15) is 166 Å². The molecule has 68 heavy (non-hydrogen) atoms. The molecular formula is C64H71BN2O. The highest BCUT2D eigenvalue weighted by Gasteiger charge is 2.50. The van der Waals surface area contributed by atoms with Gasteiger partial charge >= 0.3 is 0 Å². The van der Waals surface area contributed by atoms with Gasteiger partial charge in [-0.3, -0.25) is 0 Å². The van der Waals surface area contributed by atoms with E-state index in [0.29, 0.717) is 0 Å². The van der Waals surface area contributed by atoms with Gasteiger partial charge in [-0.05, 0) is 200 Å². The Bertz CT molecular complexity index is 3280. The van der Waals surface area contributed by atoms with Crippen molar-refractivity contribution in [2.45, 2.75) is 168 Å². The van der Waals surface area contributed by atoms with Crippen molar-refractivity contribution >= 4 is 68.4 Å². The second-order valence-electron chi connectivity index (χ2n) is 25.9. The van der Waals surface area contributed by atoms with E-state index < -0.39 is 0 Å². The van der Waals surface area contributed by atoms with Crippen molar-refractivity contribution in [2.24, 2.45) is 0 Å². The molecule has 1 aromatic heterocycles. The highest BCUT2D eigenvalue weighted by molar-refractivity contribution is 7.00. The molecule has 0 spiro atoms. The molecule has 0 radical (unpaired) electrons. The molecule has 3 aliphatic carbocycles. The lowest BCUT2D eigenvalue weighted by Crippen LogP contribution is -2.61. The molecule has 0 saturated heterocycles. The van der Waals surface area contributed by atoms with E-state index in [0.717, 1.165) is 30.5 Å². The molecular weight excluding hydrogens is 824 g/mol. The van der Waals surface area contributed by atoms with Gasteiger partial charge in [-0.2, -0.15) is 0 Å². The quantitative estimate of drug-likeness (QED) is 0.165. The number of fused-ring (bicyclic) bond motifs is 9. The van der Waals surface area contributed by atoms with Crippen LogP contribution in [0, 0.1) is 13.8 Å². The molecule has 7 aromatic rings. The molecule has 0 unspecified atom stereocenters. The van der Waals surface area contributed by atoms with Crippen molar-refractivity contribution in [3.63, 3.8) is 0 Å². The fourth-order valence-corrected chi connectivity index (χ4v) is 13.6. The molecule has 6 aromatic carbocycles. The lowest BCUT2D eigenvalue weighted by molar-refractivity contribution is 0.332. The second-order valence-corrected chi connectivity index (χ2v) is 25.9. The van der Waals surface area contributed by atoms with E-state index in [1.165, 1.54) is 125 Å². The SMILES string of the molecule is Cc1cc2c3c(c1)N(c1cc(-c4ccccc4)ccc1C)c1c(oc4cc5c(cc14)C(C)(C)CCC5(C)C)B3c1cc3c(cc1N2c1ccc2c(c1)C(C)(C)CCC2(C)C)C(C)(C)CCC3(C)C. The molecule has 346 valence electrons. The van der Waals surface area contributed by atoms with Crippen molar-refractivity contribution in [3.05, 3.63) is 148 Å². The minimum Gasteiger partial charge on any atom is -0.468 e.